The number of aliphatic hydroxyl groups is 2. The first-order chi connectivity index (χ1) is 13.6. The molecule has 166 valence electrons. The second-order valence-corrected chi connectivity index (χ2v) is 7.41. The zero-order chi connectivity index (χ0) is 19.9. The van der Waals surface area contributed by atoms with Crippen LogP contribution in [-0.2, 0) is 78.3 Å². The van der Waals surface area contributed by atoms with Crippen molar-refractivity contribution in [1.82, 2.24) is 0 Å². The van der Waals surface area contributed by atoms with Gasteiger partial charge in [-0.3, -0.25) is 0 Å². The smallest absolute Gasteiger partial charge is 0.121 e. The molecule has 2 aromatic rings. The van der Waals surface area contributed by atoms with E-state index < -0.39 is 0 Å². The summed E-state index contributed by atoms with van der Waals surface area (Å²) in [7, 11) is 0. The van der Waals surface area contributed by atoms with Crippen LogP contribution in [0.25, 0.3) is 0 Å². The van der Waals surface area contributed by atoms with Gasteiger partial charge in [0.2, 0.25) is 0 Å². The maximum atomic E-state index is 9.68. The fourth-order valence-corrected chi connectivity index (χ4v) is 3.63. The molecular weight excluding hydrogens is 542 g/mol. The maximum Gasteiger partial charge on any atom is 0.121 e. The molecule has 0 fully saturated rings. The third-order valence-electron chi connectivity index (χ3n) is 5.46. The van der Waals surface area contributed by atoms with Crippen molar-refractivity contribution in [2.45, 2.75) is 84.2 Å². The molecule has 2 aliphatic heterocycles. The van der Waals surface area contributed by atoms with Crippen LogP contribution in [-0.4, -0.2) is 34.6 Å². The standard InChI is InChI=1S/2C12H15O2.CH4.2Y/c2*1-2-10(13)12-8-7-9-5-3-4-6-11(9)14-12;;;/h2*4-6,10,12-13H,2,7-8H2,1H3;1H4;;/q2*-1;;;/t10-,12+;10-,12-;;;/m01.../s1. The molecule has 2 heterocycles. The van der Waals surface area contributed by atoms with Gasteiger partial charge in [-0.15, -0.1) is 23.3 Å². The summed E-state index contributed by atoms with van der Waals surface area (Å²) in [5.74, 6) is 1.82. The predicted molar refractivity (Wildman–Crippen MR) is 115 cm³/mol. The molecule has 31 heavy (non-hydrogen) atoms. The molecule has 2 radical (unpaired) electrons. The van der Waals surface area contributed by atoms with Gasteiger partial charge in [0.1, 0.15) is 12.2 Å². The SMILES string of the molecule is C.CC[C@@H](O)[C@H]1CCc2c[c-]ccc2O1.CC[C@H](O)[C@H]1CCc2c[c-]ccc2O1.[Y].[Y]. The second-order valence-electron chi connectivity index (χ2n) is 7.41. The van der Waals surface area contributed by atoms with Gasteiger partial charge in [-0.1, -0.05) is 34.1 Å². The van der Waals surface area contributed by atoms with Gasteiger partial charge >= 0.3 is 0 Å². The summed E-state index contributed by atoms with van der Waals surface area (Å²) in [5, 5.41) is 19.4. The van der Waals surface area contributed by atoms with Crippen molar-refractivity contribution in [3.05, 3.63) is 59.7 Å². The summed E-state index contributed by atoms with van der Waals surface area (Å²) >= 11 is 0. The number of ether oxygens (including phenoxy) is 2. The molecule has 0 aromatic heterocycles. The fourth-order valence-electron chi connectivity index (χ4n) is 3.63. The molecule has 4 atom stereocenters. The number of hydrogen-bond donors (Lipinski definition) is 2. The van der Waals surface area contributed by atoms with Gasteiger partial charge in [0, 0.05) is 76.9 Å². The molecule has 4 rings (SSSR count). The normalized spacial score (nSPS) is 20.1. The molecule has 0 saturated heterocycles. The quantitative estimate of drug-likeness (QED) is 0.526. The number of benzene rings is 2. The summed E-state index contributed by atoms with van der Waals surface area (Å²) < 4.78 is 11.4. The molecular formula is C25H34O4Y2-2. The van der Waals surface area contributed by atoms with E-state index in [2.05, 4.69) is 12.1 Å². The van der Waals surface area contributed by atoms with E-state index in [-0.39, 0.29) is 97.3 Å². The number of rotatable bonds is 4. The first-order valence-corrected chi connectivity index (χ1v) is 10.3. The van der Waals surface area contributed by atoms with E-state index in [1.54, 1.807) is 0 Å². The van der Waals surface area contributed by atoms with Crippen molar-refractivity contribution in [3.63, 3.8) is 0 Å². The Hall–Kier alpha value is 0.168. The van der Waals surface area contributed by atoms with Gasteiger partial charge in [-0.05, 0) is 25.7 Å². The van der Waals surface area contributed by atoms with Crippen LogP contribution >= 0.6 is 0 Å². The molecule has 0 unspecified atom stereocenters. The average Bonchev–Trinajstić information content (AvgIpc) is 2.77. The van der Waals surface area contributed by atoms with Crippen molar-refractivity contribution >= 4 is 0 Å². The van der Waals surface area contributed by atoms with E-state index in [9.17, 15) is 10.2 Å². The summed E-state index contributed by atoms with van der Waals surface area (Å²) in [5.41, 5.74) is 2.40. The zero-order valence-corrected chi connectivity index (χ0v) is 23.6. The van der Waals surface area contributed by atoms with Crippen LogP contribution in [0.4, 0.5) is 0 Å². The molecule has 0 amide bonds. The van der Waals surface area contributed by atoms with Crippen LogP contribution in [0.2, 0.25) is 0 Å². The van der Waals surface area contributed by atoms with Crippen LogP contribution in [0.15, 0.2) is 36.4 Å². The number of hydrogen-bond acceptors (Lipinski definition) is 4. The minimum absolute atomic E-state index is 0. The monoisotopic (exact) mass is 576 g/mol. The topological polar surface area (TPSA) is 58.9 Å². The first-order valence-electron chi connectivity index (χ1n) is 10.3. The molecule has 0 bridgehead atoms. The summed E-state index contributed by atoms with van der Waals surface area (Å²) in [6, 6.07) is 17.5. The molecule has 2 aliphatic rings. The molecule has 4 nitrogen and oxygen atoms in total. The molecule has 0 spiro atoms. The van der Waals surface area contributed by atoms with Crippen LogP contribution in [0.5, 0.6) is 11.5 Å². The van der Waals surface area contributed by atoms with E-state index in [1.165, 1.54) is 11.1 Å². The Balaban J connectivity index is 0.000000529. The summed E-state index contributed by atoms with van der Waals surface area (Å²) in [6.45, 7) is 3.95. The Morgan fingerprint density at radius 1 is 0.839 bits per heavy atom. The van der Waals surface area contributed by atoms with E-state index in [1.807, 2.05) is 50.2 Å². The number of aryl methyl sites for hydroxylation is 2. The van der Waals surface area contributed by atoms with Crippen LogP contribution in [0.1, 0.15) is 58.1 Å². The minimum atomic E-state index is -0.340. The number of aliphatic hydroxyl groups excluding tert-OH is 2. The maximum absolute atomic E-state index is 9.68. The molecule has 0 saturated carbocycles. The second kappa shape index (κ2) is 15.9. The third kappa shape index (κ3) is 8.80. The third-order valence-corrected chi connectivity index (χ3v) is 5.46. The molecule has 6 heteroatoms. The van der Waals surface area contributed by atoms with Gasteiger partial charge in [-0.25, -0.2) is 0 Å². The Labute approximate surface area is 238 Å². The van der Waals surface area contributed by atoms with E-state index >= 15 is 0 Å². The van der Waals surface area contributed by atoms with Gasteiger partial charge in [0.05, 0.1) is 12.2 Å². The van der Waals surface area contributed by atoms with E-state index in [0.29, 0.717) is 0 Å². The van der Waals surface area contributed by atoms with Gasteiger partial charge in [0.25, 0.3) is 0 Å². The Kier molecular flexibility index (Phi) is 16.0. The van der Waals surface area contributed by atoms with Crippen LogP contribution < -0.4 is 9.47 Å². The Morgan fingerprint density at radius 2 is 1.23 bits per heavy atom. The van der Waals surface area contributed by atoms with Crippen LogP contribution in [0, 0.1) is 12.1 Å². The van der Waals surface area contributed by atoms with Crippen molar-refractivity contribution in [1.29, 1.82) is 0 Å². The molecule has 0 aliphatic carbocycles. The molecule has 2 N–H and O–H groups in total. The Bertz CT molecular complexity index is 692. The number of fused-ring (bicyclic) bond motifs is 2. The first kappa shape index (κ1) is 31.2. The van der Waals surface area contributed by atoms with Crippen molar-refractivity contribution < 1.29 is 85.1 Å². The van der Waals surface area contributed by atoms with Gasteiger partial charge in [-0.2, -0.15) is 36.4 Å². The van der Waals surface area contributed by atoms with E-state index in [0.717, 1.165) is 50.0 Å². The van der Waals surface area contributed by atoms with Crippen LogP contribution in [0.3, 0.4) is 0 Å². The zero-order valence-electron chi connectivity index (χ0n) is 17.9. The van der Waals surface area contributed by atoms with Gasteiger partial charge in [0.15, 0.2) is 0 Å². The fraction of sp³-hybridized carbons (Fsp3) is 0.520. The predicted octanol–water partition coefficient (Wildman–Crippen LogP) is 4.53. The Morgan fingerprint density at radius 3 is 1.58 bits per heavy atom. The van der Waals surface area contributed by atoms with Gasteiger partial charge < -0.3 is 19.7 Å². The minimum Gasteiger partial charge on any atom is -0.513 e. The van der Waals surface area contributed by atoms with Crippen molar-refractivity contribution in [2.24, 2.45) is 0 Å². The van der Waals surface area contributed by atoms with Crippen molar-refractivity contribution in [2.75, 3.05) is 0 Å². The summed E-state index contributed by atoms with van der Waals surface area (Å²) in [6.07, 6.45) is 4.52. The van der Waals surface area contributed by atoms with E-state index in [4.69, 9.17) is 9.47 Å². The average molecular weight is 576 g/mol. The van der Waals surface area contributed by atoms with Crippen molar-refractivity contribution in [3.8, 4) is 11.5 Å². The molecule has 2 aromatic carbocycles. The summed E-state index contributed by atoms with van der Waals surface area (Å²) in [4.78, 5) is 0. The largest absolute Gasteiger partial charge is 0.513 e.